The van der Waals surface area contributed by atoms with Crippen LogP contribution in [0.4, 0.5) is 5.69 Å². The molecule has 1 atom stereocenters. The average molecular weight is 438 g/mol. The SMILES string of the molecule is Cc1ccc(C(=O)NCC2CC(=O)N(c3ccc(-n4ccnc4CN(C)C)cc3)C2)s1. The zero-order valence-electron chi connectivity index (χ0n) is 18.0. The molecule has 0 spiro atoms. The van der Waals surface area contributed by atoms with Crippen molar-refractivity contribution in [2.75, 3.05) is 32.1 Å². The van der Waals surface area contributed by atoms with E-state index in [1.807, 2.05) is 68.5 Å². The smallest absolute Gasteiger partial charge is 0.261 e. The van der Waals surface area contributed by atoms with E-state index in [1.54, 1.807) is 6.20 Å². The minimum absolute atomic E-state index is 0.0674. The maximum atomic E-state index is 12.6. The van der Waals surface area contributed by atoms with E-state index in [4.69, 9.17) is 0 Å². The molecule has 0 bridgehead atoms. The van der Waals surface area contributed by atoms with Gasteiger partial charge in [0, 0.05) is 54.1 Å². The first-order chi connectivity index (χ1) is 14.9. The van der Waals surface area contributed by atoms with Crippen LogP contribution < -0.4 is 10.2 Å². The lowest BCUT2D eigenvalue weighted by Gasteiger charge is -2.18. The maximum Gasteiger partial charge on any atom is 0.261 e. The third-order valence-electron chi connectivity index (χ3n) is 5.34. The zero-order valence-corrected chi connectivity index (χ0v) is 18.9. The number of amides is 2. The second kappa shape index (κ2) is 9.03. The van der Waals surface area contributed by atoms with Crippen molar-refractivity contribution in [1.29, 1.82) is 0 Å². The van der Waals surface area contributed by atoms with Crippen molar-refractivity contribution in [2.45, 2.75) is 19.9 Å². The lowest BCUT2D eigenvalue weighted by atomic mass is 10.1. The van der Waals surface area contributed by atoms with Gasteiger partial charge in [-0.1, -0.05) is 0 Å². The Kier molecular flexibility index (Phi) is 6.20. The van der Waals surface area contributed by atoms with E-state index in [-0.39, 0.29) is 17.7 Å². The number of thiophene rings is 1. The van der Waals surface area contributed by atoms with Crippen molar-refractivity contribution in [3.8, 4) is 5.69 Å². The standard InChI is InChI=1S/C23H27N5O2S/c1-16-4-9-20(31-16)23(30)25-13-17-12-22(29)28(14-17)19-7-5-18(6-8-19)27-11-10-24-21(27)15-26(2)3/h4-11,17H,12-15H2,1-3H3,(H,25,30). The Balaban J connectivity index is 1.38. The quantitative estimate of drug-likeness (QED) is 0.617. The van der Waals surface area contributed by atoms with Crippen LogP contribution in [0.3, 0.4) is 0 Å². The third kappa shape index (κ3) is 4.86. The Bertz CT molecular complexity index is 1070. The molecule has 1 aliphatic heterocycles. The highest BCUT2D eigenvalue weighted by atomic mass is 32.1. The second-order valence-corrected chi connectivity index (χ2v) is 9.45. The van der Waals surface area contributed by atoms with Gasteiger partial charge in [-0.25, -0.2) is 4.98 Å². The molecule has 31 heavy (non-hydrogen) atoms. The van der Waals surface area contributed by atoms with E-state index in [0.29, 0.717) is 24.4 Å². The number of carbonyl (C=O) groups is 2. The van der Waals surface area contributed by atoms with Crippen molar-refractivity contribution in [2.24, 2.45) is 5.92 Å². The summed E-state index contributed by atoms with van der Waals surface area (Å²) in [5.41, 5.74) is 1.89. The number of nitrogens with zero attached hydrogens (tertiary/aromatic N) is 4. The fourth-order valence-electron chi connectivity index (χ4n) is 3.81. The highest BCUT2D eigenvalue weighted by Crippen LogP contribution is 2.26. The first kappa shape index (κ1) is 21.3. The molecule has 2 amide bonds. The van der Waals surface area contributed by atoms with E-state index in [1.165, 1.54) is 11.3 Å². The van der Waals surface area contributed by atoms with Gasteiger partial charge in [-0.05, 0) is 57.4 Å². The van der Waals surface area contributed by atoms with Gasteiger partial charge in [0.25, 0.3) is 5.91 Å². The lowest BCUT2D eigenvalue weighted by Crippen LogP contribution is -2.30. The summed E-state index contributed by atoms with van der Waals surface area (Å²) in [7, 11) is 4.03. The van der Waals surface area contributed by atoms with Crippen LogP contribution in [0.25, 0.3) is 5.69 Å². The van der Waals surface area contributed by atoms with Gasteiger partial charge < -0.3 is 19.7 Å². The number of hydrogen-bond acceptors (Lipinski definition) is 5. The molecule has 8 heteroatoms. The normalized spacial score (nSPS) is 16.3. The van der Waals surface area contributed by atoms with E-state index in [2.05, 4.69) is 19.8 Å². The summed E-state index contributed by atoms with van der Waals surface area (Å²) in [4.78, 5) is 35.0. The molecule has 1 saturated heterocycles. The number of benzene rings is 1. The fraction of sp³-hybridized carbons (Fsp3) is 0.348. The van der Waals surface area contributed by atoms with E-state index in [0.717, 1.165) is 28.6 Å². The van der Waals surface area contributed by atoms with Gasteiger partial charge in [0.2, 0.25) is 5.91 Å². The van der Waals surface area contributed by atoms with Gasteiger partial charge in [-0.3, -0.25) is 9.59 Å². The summed E-state index contributed by atoms with van der Waals surface area (Å²) in [5, 5.41) is 2.97. The van der Waals surface area contributed by atoms with Gasteiger partial charge >= 0.3 is 0 Å². The lowest BCUT2D eigenvalue weighted by molar-refractivity contribution is -0.117. The van der Waals surface area contributed by atoms with Crippen LogP contribution in [0.15, 0.2) is 48.8 Å². The van der Waals surface area contributed by atoms with Crippen LogP contribution in [0.5, 0.6) is 0 Å². The fourth-order valence-corrected chi connectivity index (χ4v) is 4.59. The van der Waals surface area contributed by atoms with Crippen LogP contribution >= 0.6 is 11.3 Å². The van der Waals surface area contributed by atoms with Gasteiger partial charge in [-0.15, -0.1) is 11.3 Å². The highest BCUT2D eigenvalue weighted by Gasteiger charge is 2.31. The van der Waals surface area contributed by atoms with Crippen LogP contribution in [-0.2, 0) is 11.3 Å². The van der Waals surface area contributed by atoms with Gasteiger partial charge in [-0.2, -0.15) is 0 Å². The molecule has 4 rings (SSSR count). The van der Waals surface area contributed by atoms with Crippen LogP contribution in [0.2, 0.25) is 0 Å². The van der Waals surface area contributed by atoms with Gasteiger partial charge in [0.05, 0.1) is 11.4 Å². The molecule has 1 aliphatic rings. The van der Waals surface area contributed by atoms with E-state index >= 15 is 0 Å². The van der Waals surface area contributed by atoms with Gasteiger partial charge in [0.1, 0.15) is 5.82 Å². The molecule has 0 aliphatic carbocycles. The monoisotopic (exact) mass is 437 g/mol. The van der Waals surface area contributed by atoms with Crippen LogP contribution in [0, 0.1) is 12.8 Å². The van der Waals surface area contributed by atoms with Crippen molar-refractivity contribution in [1.82, 2.24) is 19.8 Å². The van der Waals surface area contributed by atoms with Crippen molar-refractivity contribution in [3.05, 3.63) is 64.4 Å². The van der Waals surface area contributed by atoms with Crippen LogP contribution in [-0.4, -0.2) is 53.5 Å². The molecular weight excluding hydrogens is 410 g/mol. The number of aryl methyl sites for hydroxylation is 1. The molecule has 3 heterocycles. The zero-order chi connectivity index (χ0) is 22.0. The summed E-state index contributed by atoms with van der Waals surface area (Å²) in [6, 6.07) is 11.8. The number of anilines is 1. The van der Waals surface area contributed by atoms with Crippen molar-refractivity contribution >= 4 is 28.8 Å². The Morgan fingerprint density at radius 2 is 1.94 bits per heavy atom. The number of aromatic nitrogens is 2. The topological polar surface area (TPSA) is 70.5 Å². The van der Waals surface area contributed by atoms with Crippen molar-refractivity contribution < 1.29 is 9.59 Å². The summed E-state index contributed by atoms with van der Waals surface area (Å²) in [6.07, 6.45) is 4.19. The van der Waals surface area contributed by atoms with E-state index < -0.39 is 0 Å². The minimum atomic E-state index is -0.0674. The largest absolute Gasteiger partial charge is 0.351 e. The molecule has 3 aromatic rings. The number of nitrogens with one attached hydrogen (secondary N) is 1. The predicted molar refractivity (Wildman–Crippen MR) is 123 cm³/mol. The second-order valence-electron chi connectivity index (χ2n) is 8.16. The summed E-state index contributed by atoms with van der Waals surface area (Å²) in [6.45, 7) is 3.84. The molecule has 7 nitrogen and oxygen atoms in total. The molecule has 1 N–H and O–H groups in total. The summed E-state index contributed by atoms with van der Waals surface area (Å²) in [5.74, 6) is 1.10. The molecule has 1 fully saturated rings. The minimum Gasteiger partial charge on any atom is -0.351 e. The number of hydrogen-bond donors (Lipinski definition) is 1. The molecule has 162 valence electrons. The predicted octanol–water partition coefficient (Wildman–Crippen LogP) is 3.09. The molecule has 0 saturated carbocycles. The molecule has 1 aromatic carbocycles. The Hall–Kier alpha value is -2.97. The van der Waals surface area contributed by atoms with Crippen LogP contribution in [0.1, 0.15) is 26.8 Å². The van der Waals surface area contributed by atoms with Crippen molar-refractivity contribution in [3.63, 3.8) is 0 Å². The molecule has 1 unspecified atom stereocenters. The third-order valence-corrected chi connectivity index (χ3v) is 6.33. The Morgan fingerprint density at radius 1 is 1.19 bits per heavy atom. The number of carbonyl (C=O) groups excluding carboxylic acids is 2. The molecular formula is C23H27N5O2S. The number of rotatable bonds is 7. The first-order valence-corrected chi connectivity index (χ1v) is 11.1. The molecule has 2 aromatic heterocycles. The Labute approximate surface area is 186 Å². The maximum absolute atomic E-state index is 12.6. The summed E-state index contributed by atoms with van der Waals surface area (Å²) < 4.78 is 2.06. The number of imidazole rings is 1. The summed E-state index contributed by atoms with van der Waals surface area (Å²) >= 11 is 1.48. The van der Waals surface area contributed by atoms with E-state index in [9.17, 15) is 9.59 Å². The highest BCUT2D eigenvalue weighted by molar-refractivity contribution is 7.13. The molecule has 0 radical (unpaired) electrons. The average Bonchev–Trinajstić information content (AvgIpc) is 3.46. The first-order valence-electron chi connectivity index (χ1n) is 10.3. The Morgan fingerprint density at radius 3 is 2.61 bits per heavy atom. The van der Waals surface area contributed by atoms with Gasteiger partial charge in [0.15, 0.2) is 0 Å².